The number of carbonyl (C=O) groups is 1. The smallest absolute Gasteiger partial charge is 0.317 e. The largest absolute Gasteiger partial charge is 0.480 e. The molecule has 4 heteroatoms. The molecule has 1 aliphatic carbocycles. The number of aliphatic carboxylic acids is 1. The number of hydrogen-bond donors (Lipinski definition) is 2. The summed E-state index contributed by atoms with van der Waals surface area (Å²) in [6.45, 7) is 3.24. The molecule has 0 aromatic carbocycles. The minimum atomic E-state index is -0.705. The highest BCUT2D eigenvalue weighted by Crippen LogP contribution is 2.27. The predicted molar refractivity (Wildman–Crippen MR) is 57.8 cm³/mol. The van der Waals surface area contributed by atoms with E-state index in [-0.39, 0.29) is 6.54 Å². The van der Waals surface area contributed by atoms with Gasteiger partial charge in [-0.3, -0.25) is 9.69 Å². The summed E-state index contributed by atoms with van der Waals surface area (Å²) in [6, 6.07) is 0.444. The summed E-state index contributed by atoms with van der Waals surface area (Å²) in [5.41, 5.74) is 0. The number of carboxylic acid groups (broad SMARTS) is 1. The Morgan fingerprint density at radius 1 is 1.33 bits per heavy atom. The van der Waals surface area contributed by atoms with Crippen molar-refractivity contribution in [1.29, 1.82) is 0 Å². The first kappa shape index (κ1) is 10.9. The lowest BCUT2D eigenvalue weighted by Crippen LogP contribution is -2.41. The van der Waals surface area contributed by atoms with E-state index in [2.05, 4.69) is 10.2 Å². The summed E-state index contributed by atoms with van der Waals surface area (Å²) in [4.78, 5) is 12.7. The Morgan fingerprint density at radius 3 is 2.80 bits per heavy atom. The molecule has 0 spiro atoms. The van der Waals surface area contributed by atoms with Gasteiger partial charge in [-0.25, -0.2) is 0 Å². The molecule has 0 amide bonds. The Labute approximate surface area is 90.6 Å². The molecule has 1 saturated carbocycles. The molecule has 0 aromatic heterocycles. The molecule has 0 bridgehead atoms. The first-order valence-electron chi connectivity index (χ1n) is 5.92. The molecule has 86 valence electrons. The van der Waals surface area contributed by atoms with Gasteiger partial charge in [0.2, 0.25) is 0 Å². The van der Waals surface area contributed by atoms with E-state index in [4.69, 9.17) is 5.11 Å². The average Bonchev–Trinajstić information content (AvgIpc) is 2.89. The molecule has 2 aliphatic rings. The molecule has 0 aromatic rings. The molecule has 4 nitrogen and oxygen atoms in total. The van der Waals surface area contributed by atoms with Crippen LogP contribution in [0.15, 0.2) is 0 Å². The van der Waals surface area contributed by atoms with E-state index < -0.39 is 5.97 Å². The fourth-order valence-corrected chi connectivity index (χ4v) is 2.28. The quantitative estimate of drug-likeness (QED) is 0.674. The van der Waals surface area contributed by atoms with Crippen molar-refractivity contribution in [3.05, 3.63) is 0 Å². The second-order valence-electron chi connectivity index (χ2n) is 4.76. The zero-order valence-corrected chi connectivity index (χ0v) is 9.11. The second kappa shape index (κ2) is 4.94. The highest BCUT2D eigenvalue weighted by atomic mass is 16.4. The summed E-state index contributed by atoms with van der Waals surface area (Å²) in [5, 5.41) is 12.2. The third kappa shape index (κ3) is 3.47. The van der Waals surface area contributed by atoms with Crippen molar-refractivity contribution in [2.45, 2.75) is 31.7 Å². The maximum absolute atomic E-state index is 10.6. The molecular weight excluding hydrogens is 192 g/mol. The molecule has 2 N–H and O–H groups in total. The fourth-order valence-electron chi connectivity index (χ4n) is 2.28. The Morgan fingerprint density at radius 2 is 2.13 bits per heavy atom. The third-order valence-electron chi connectivity index (χ3n) is 3.35. The minimum Gasteiger partial charge on any atom is -0.480 e. The zero-order chi connectivity index (χ0) is 10.7. The summed E-state index contributed by atoms with van der Waals surface area (Å²) < 4.78 is 0. The van der Waals surface area contributed by atoms with E-state index in [9.17, 15) is 4.79 Å². The first-order chi connectivity index (χ1) is 7.25. The molecule has 1 aliphatic heterocycles. The predicted octanol–water partition coefficient (Wildman–Crippen LogP) is 0.535. The highest BCUT2D eigenvalue weighted by Gasteiger charge is 2.26. The fraction of sp³-hybridized carbons (Fsp3) is 0.909. The molecule has 1 unspecified atom stereocenters. The lowest BCUT2D eigenvalue weighted by Gasteiger charge is -2.22. The highest BCUT2D eigenvalue weighted by molar-refractivity contribution is 5.69. The van der Waals surface area contributed by atoms with Crippen LogP contribution in [-0.4, -0.2) is 48.2 Å². The van der Waals surface area contributed by atoms with E-state index in [1.165, 1.54) is 12.8 Å². The third-order valence-corrected chi connectivity index (χ3v) is 3.35. The van der Waals surface area contributed by atoms with Gasteiger partial charge in [-0.2, -0.15) is 0 Å². The molecular formula is C11H20N2O2. The molecule has 0 radical (unpaired) electrons. The van der Waals surface area contributed by atoms with Crippen molar-refractivity contribution in [2.24, 2.45) is 5.92 Å². The van der Waals surface area contributed by atoms with Gasteiger partial charge in [0.05, 0.1) is 6.54 Å². The monoisotopic (exact) mass is 212 g/mol. The molecule has 1 atom stereocenters. The number of rotatable bonds is 6. The Hall–Kier alpha value is -0.610. The van der Waals surface area contributed by atoms with Crippen LogP contribution in [-0.2, 0) is 4.79 Å². The second-order valence-corrected chi connectivity index (χ2v) is 4.76. The lowest BCUT2D eigenvalue weighted by molar-refractivity contribution is -0.138. The molecule has 2 rings (SSSR count). The lowest BCUT2D eigenvalue weighted by atomic mass is 10.2. The topological polar surface area (TPSA) is 52.6 Å². The minimum absolute atomic E-state index is 0.204. The van der Waals surface area contributed by atoms with E-state index in [1.807, 2.05) is 0 Å². The van der Waals surface area contributed by atoms with Crippen molar-refractivity contribution in [2.75, 3.05) is 26.2 Å². The van der Waals surface area contributed by atoms with Crippen LogP contribution in [0.25, 0.3) is 0 Å². The maximum Gasteiger partial charge on any atom is 0.317 e. The maximum atomic E-state index is 10.6. The van der Waals surface area contributed by atoms with Gasteiger partial charge in [-0.05, 0) is 44.7 Å². The first-order valence-corrected chi connectivity index (χ1v) is 5.92. The van der Waals surface area contributed by atoms with E-state index in [0.717, 1.165) is 38.4 Å². The average molecular weight is 212 g/mol. The number of likely N-dealkylation sites (tertiary alicyclic amines) is 1. The molecule has 2 fully saturated rings. The summed E-state index contributed by atoms with van der Waals surface area (Å²) in [5.74, 6) is 0.198. The number of hydrogen-bond acceptors (Lipinski definition) is 3. The zero-order valence-electron chi connectivity index (χ0n) is 9.11. The van der Waals surface area contributed by atoms with Crippen LogP contribution in [0.1, 0.15) is 25.7 Å². The van der Waals surface area contributed by atoms with E-state index in [1.54, 1.807) is 0 Å². The van der Waals surface area contributed by atoms with Crippen molar-refractivity contribution >= 4 is 5.97 Å². The van der Waals surface area contributed by atoms with Gasteiger partial charge in [0.1, 0.15) is 0 Å². The number of nitrogens with zero attached hydrogens (tertiary/aromatic N) is 1. The van der Waals surface area contributed by atoms with Gasteiger partial charge in [0.15, 0.2) is 0 Å². The van der Waals surface area contributed by atoms with Gasteiger partial charge >= 0.3 is 5.97 Å². The normalized spacial score (nSPS) is 27.1. The van der Waals surface area contributed by atoms with E-state index >= 15 is 0 Å². The SMILES string of the molecule is O=C(O)CN1CCCC1CNCC1CC1. The Balaban J connectivity index is 1.66. The standard InChI is InChI=1S/C11H20N2O2/c14-11(15)8-13-5-1-2-10(13)7-12-6-9-3-4-9/h9-10,12H,1-8H2,(H,14,15). The van der Waals surface area contributed by atoms with Crippen LogP contribution in [0.2, 0.25) is 0 Å². The van der Waals surface area contributed by atoms with Crippen LogP contribution < -0.4 is 5.32 Å². The van der Waals surface area contributed by atoms with Crippen LogP contribution in [0, 0.1) is 5.92 Å². The van der Waals surface area contributed by atoms with Crippen LogP contribution >= 0.6 is 0 Å². The van der Waals surface area contributed by atoms with Gasteiger partial charge in [-0.15, -0.1) is 0 Å². The van der Waals surface area contributed by atoms with Gasteiger partial charge in [-0.1, -0.05) is 0 Å². The summed E-state index contributed by atoms with van der Waals surface area (Å²) >= 11 is 0. The summed E-state index contributed by atoms with van der Waals surface area (Å²) in [7, 11) is 0. The molecule has 1 saturated heterocycles. The van der Waals surface area contributed by atoms with Crippen molar-refractivity contribution in [1.82, 2.24) is 10.2 Å². The van der Waals surface area contributed by atoms with Crippen LogP contribution in [0.3, 0.4) is 0 Å². The van der Waals surface area contributed by atoms with Crippen molar-refractivity contribution < 1.29 is 9.90 Å². The summed E-state index contributed by atoms with van der Waals surface area (Å²) in [6.07, 6.45) is 5.03. The molecule has 15 heavy (non-hydrogen) atoms. The van der Waals surface area contributed by atoms with E-state index in [0.29, 0.717) is 6.04 Å². The Bertz CT molecular complexity index is 229. The van der Waals surface area contributed by atoms with Crippen LogP contribution in [0.5, 0.6) is 0 Å². The van der Waals surface area contributed by atoms with Crippen LogP contribution in [0.4, 0.5) is 0 Å². The van der Waals surface area contributed by atoms with Crippen molar-refractivity contribution in [3.63, 3.8) is 0 Å². The van der Waals surface area contributed by atoms with Gasteiger partial charge in [0.25, 0.3) is 0 Å². The van der Waals surface area contributed by atoms with Gasteiger partial charge < -0.3 is 10.4 Å². The van der Waals surface area contributed by atoms with Gasteiger partial charge in [0, 0.05) is 12.6 Å². The Kier molecular flexibility index (Phi) is 3.59. The number of carboxylic acids is 1. The number of nitrogens with one attached hydrogen (secondary N) is 1. The van der Waals surface area contributed by atoms with Crippen molar-refractivity contribution in [3.8, 4) is 0 Å². The molecule has 1 heterocycles.